The Morgan fingerprint density at radius 3 is 2.39 bits per heavy atom. The number of halogens is 6. The number of nitrogens with zero attached hydrogens (tertiary/aromatic N) is 1. The molecule has 0 saturated heterocycles. The van der Waals surface area contributed by atoms with Crippen LogP contribution in [0.25, 0.3) is 0 Å². The van der Waals surface area contributed by atoms with E-state index in [1.54, 1.807) is 0 Å². The Hall–Kier alpha value is -1.00. The maximum Gasteiger partial charge on any atom is 0.433 e. The number of pyridine rings is 1. The second-order valence-electron chi connectivity index (χ2n) is 3.23. The van der Waals surface area contributed by atoms with Crippen LogP contribution < -0.4 is 0 Å². The molecule has 3 nitrogen and oxygen atoms in total. The molecule has 0 aliphatic rings. The predicted octanol–water partition coefficient (Wildman–Crippen LogP) is 3.27. The third-order valence-electron chi connectivity index (χ3n) is 1.90. The average Bonchev–Trinajstić information content (AvgIpc) is 2.18. The fourth-order valence-electron chi connectivity index (χ4n) is 1.19. The van der Waals surface area contributed by atoms with Gasteiger partial charge in [-0.25, -0.2) is 13.8 Å². The summed E-state index contributed by atoms with van der Waals surface area (Å²) in [5.41, 5.74) is -2.91. The van der Waals surface area contributed by atoms with E-state index >= 15 is 0 Å². The molecule has 18 heavy (non-hydrogen) atoms. The van der Waals surface area contributed by atoms with Crippen LogP contribution in [0.1, 0.15) is 23.4 Å². The SMILES string of the molecule is O=C(O)Cc1cc(C(F)(F)F)nc(C(F)F)c1I. The van der Waals surface area contributed by atoms with Gasteiger partial charge in [0.2, 0.25) is 0 Å². The van der Waals surface area contributed by atoms with Crippen LogP contribution in [-0.4, -0.2) is 16.1 Å². The van der Waals surface area contributed by atoms with Gasteiger partial charge in [-0.2, -0.15) is 13.2 Å². The zero-order valence-electron chi connectivity index (χ0n) is 8.43. The molecule has 0 atom stereocenters. The van der Waals surface area contributed by atoms with Crippen LogP contribution >= 0.6 is 22.6 Å². The lowest BCUT2D eigenvalue weighted by atomic mass is 10.1. The summed E-state index contributed by atoms with van der Waals surface area (Å²) < 4.78 is 62.1. The number of hydrogen-bond donors (Lipinski definition) is 1. The summed E-state index contributed by atoms with van der Waals surface area (Å²) in [6, 6.07) is 0.474. The fraction of sp³-hybridized carbons (Fsp3) is 0.333. The third-order valence-corrected chi connectivity index (χ3v) is 3.14. The van der Waals surface area contributed by atoms with E-state index in [2.05, 4.69) is 4.98 Å². The number of aliphatic carboxylic acids is 1. The number of rotatable bonds is 3. The van der Waals surface area contributed by atoms with E-state index in [1.165, 1.54) is 22.6 Å². The van der Waals surface area contributed by atoms with Crippen LogP contribution in [0.5, 0.6) is 0 Å². The summed E-state index contributed by atoms with van der Waals surface area (Å²) in [6.07, 6.45) is -8.88. The van der Waals surface area contributed by atoms with E-state index in [1.807, 2.05) is 0 Å². The van der Waals surface area contributed by atoms with Crippen molar-refractivity contribution in [1.82, 2.24) is 4.98 Å². The van der Waals surface area contributed by atoms with E-state index in [0.717, 1.165) is 0 Å². The minimum Gasteiger partial charge on any atom is -0.481 e. The van der Waals surface area contributed by atoms with Gasteiger partial charge in [0.25, 0.3) is 6.43 Å². The molecular formula is C9H5F5INO2. The lowest BCUT2D eigenvalue weighted by Crippen LogP contribution is -2.14. The molecule has 1 rings (SSSR count). The summed E-state index contributed by atoms with van der Waals surface area (Å²) in [5.74, 6) is -1.41. The maximum absolute atomic E-state index is 12.5. The second-order valence-corrected chi connectivity index (χ2v) is 4.31. The van der Waals surface area contributed by atoms with Gasteiger partial charge < -0.3 is 5.11 Å². The van der Waals surface area contributed by atoms with Gasteiger partial charge in [-0.3, -0.25) is 4.79 Å². The molecular weight excluding hydrogens is 376 g/mol. The zero-order chi connectivity index (χ0) is 14.1. The first-order valence-electron chi connectivity index (χ1n) is 4.39. The molecule has 9 heteroatoms. The number of hydrogen-bond acceptors (Lipinski definition) is 2. The molecule has 0 aromatic carbocycles. The Balaban J connectivity index is 3.41. The van der Waals surface area contributed by atoms with Crippen molar-refractivity contribution in [2.24, 2.45) is 0 Å². The van der Waals surface area contributed by atoms with Gasteiger partial charge in [0.1, 0.15) is 11.4 Å². The van der Waals surface area contributed by atoms with E-state index in [9.17, 15) is 26.7 Å². The monoisotopic (exact) mass is 381 g/mol. The average molecular weight is 381 g/mol. The van der Waals surface area contributed by atoms with Crippen molar-refractivity contribution in [2.45, 2.75) is 19.0 Å². The summed E-state index contributed by atoms with van der Waals surface area (Å²) in [7, 11) is 0. The largest absolute Gasteiger partial charge is 0.481 e. The Bertz CT molecular complexity index is 475. The van der Waals surface area contributed by atoms with Crippen molar-refractivity contribution >= 4 is 28.6 Å². The number of aromatic nitrogens is 1. The first-order chi connectivity index (χ1) is 8.12. The topological polar surface area (TPSA) is 50.2 Å². The second kappa shape index (κ2) is 5.33. The van der Waals surface area contributed by atoms with E-state index in [-0.39, 0.29) is 9.13 Å². The molecule has 100 valence electrons. The first kappa shape index (κ1) is 15.1. The Morgan fingerprint density at radius 2 is 2.00 bits per heavy atom. The lowest BCUT2D eigenvalue weighted by molar-refractivity contribution is -0.142. The number of carbonyl (C=O) groups is 1. The molecule has 0 unspecified atom stereocenters. The smallest absolute Gasteiger partial charge is 0.433 e. The maximum atomic E-state index is 12.5. The highest BCUT2D eigenvalue weighted by molar-refractivity contribution is 14.1. The van der Waals surface area contributed by atoms with Crippen LogP contribution in [-0.2, 0) is 17.4 Å². The molecule has 0 aliphatic heterocycles. The highest BCUT2D eigenvalue weighted by Crippen LogP contribution is 2.33. The quantitative estimate of drug-likeness (QED) is 0.646. The van der Waals surface area contributed by atoms with Crippen molar-refractivity contribution in [2.75, 3.05) is 0 Å². The summed E-state index contributed by atoms with van der Waals surface area (Å²) >= 11 is 1.36. The van der Waals surface area contributed by atoms with Crippen LogP contribution in [0.4, 0.5) is 22.0 Å². The zero-order valence-corrected chi connectivity index (χ0v) is 10.6. The minimum absolute atomic E-state index is 0.266. The van der Waals surface area contributed by atoms with E-state index < -0.39 is 36.4 Å². The van der Waals surface area contributed by atoms with Crippen molar-refractivity contribution in [1.29, 1.82) is 0 Å². The molecule has 1 N–H and O–H groups in total. The molecule has 0 amide bonds. The summed E-state index contributed by atoms with van der Waals surface area (Å²) in [4.78, 5) is 13.3. The van der Waals surface area contributed by atoms with Crippen molar-refractivity contribution < 1.29 is 31.9 Å². The van der Waals surface area contributed by atoms with Crippen molar-refractivity contribution in [3.63, 3.8) is 0 Å². The molecule has 0 bridgehead atoms. The summed E-state index contributed by atoms with van der Waals surface area (Å²) in [6.45, 7) is 0. The fourth-order valence-corrected chi connectivity index (χ4v) is 1.89. The normalized spacial score (nSPS) is 11.9. The van der Waals surface area contributed by atoms with Crippen LogP contribution in [0.3, 0.4) is 0 Å². The van der Waals surface area contributed by atoms with Crippen LogP contribution in [0, 0.1) is 3.57 Å². The van der Waals surface area contributed by atoms with Gasteiger partial charge in [-0.15, -0.1) is 0 Å². The molecule has 0 fully saturated rings. The molecule has 0 aliphatic carbocycles. The summed E-state index contributed by atoms with van der Waals surface area (Å²) in [5, 5.41) is 8.52. The standard InChI is InChI=1S/C9H5F5INO2/c10-8(11)7-6(15)3(2-5(17)18)1-4(16-7)9(12,13)14/h1,8H,2H2,(H,17,18). The predicted molar refractivity (Wildman–Crippen MR) is 58.3 cm³/mol. The molecule has 0 radical (unpaired) electrons. The first-order valence-corrected chi connectivity index (χ1v) is 5.47. The molecule has 0 saturated carbocycles. The molecule has 1 aromatic heterocycles. The van der Waals surface area contributed by atoms with Crippen molar-refractivity contribution in [3.05, 3.63) is 26.6 Å². The van der Waals surface area contributed by atoms with Crippen LogP contribution in [0.15, 0.2) is 6.07 Å². The highest BCUT2D eigenvalue weighted by Gasteiger charge is 2.35. The van der Waals surface area contributed by atoms with Crippen LogP contribution in [0.2, 0.25) is 0 Å². The molecule has 1 aromatic rings. The van der Waals surface area contributed by atoms with E-state index in [0.29, 0.717) is 6.07 Å². The number of alkyl halides is 5. The third kappa shape index (κ3) is 3.50. The van der Waals surface area contributed by atoms with Gasteiger partial charge in [0.15, 0.2) is 0 Å². The molecule has 1 heterocycles. The number of carboxylic acid groups (broad SMARTS) is 1. The Labute approximate surface area is 111 Å². The van der Waals surface area contributed by atoms with Gasteiger partial charge in [-0.05, 0) is 34.2 Å². The lowest BCUT2D eigenvalue weighted by Gasteiger charge is -2.12. The highest BCUT2D eigenvalue weighted by atomic mass is 127. The minimum atomic E-state index is -4.90. The van der Waals surface area contributed by atoms with Gasteiger partial charge in [0.05, 0.1) is 6.42 Å². The van der Waals surface area contributed by atoms with Gasteiger partial charge in [-0.1, -0.05) is 0 Å². The van der Waals surface area contributed by atoms with Gasteiger partial charge in [0, 0.05) is 3.57 Å². The van der Waals surface area contributed by atoms with Crippen molar-refractivity contribution in [3.8, 4) is 0 Å². The Kier molecular flexibility index (Phi) is 4.46. The number of carboxylic acids is 1. The molecule has 0 spiro atoms. The van der Waals surface area contributed by atoms with E-state index in [4.69, 9.17) is 5.11 Å². The van der Waals surface area contributed by atoms with Gasteiger partial charge >= 0.3 is 12.1 Å². The Morgan fingerprint density at radius 1 is 1.44 bits per heavy atom.